The average Bonchev–Trinajstić information content (AvgIpc) is 2.82. The van der Waals surface area contributed by atoms with Crippen LogP contribution in [0.25, 0.3) is 0 Å². The Balaban J connectivity index is 2.19. The number of nitrogens with two attached hydrogens (primary N) is 1. The van der Waals surface area contributed by atoms with Gasteiger partial charge in [-0.15, -0.1) is 22.7 Å². The Morgan fingerprint density at radius 1 is 1.35 bits per heavy atom. The fourth-order valence-electron chi connectivity index (χ4n) is 1.77. The van der Waals surface area contributed by atoms with Crippen molar-refractivity contribution >= 4 is 22.7 Å². The number of rotatable bonds is 4. The third kappa shape index (κ3) is 2.90. The monoisotopic (exact) mass is 268 g/mol. The molecule has 3 N–H and O–H groups in total. The minimum atomic E-state index is 0.103. The number of hydrogen-bond acceptors (Lipinski definition) is 6. The van der Waals surface area contributed by atoms with Gasteiger partial charge in [-0.3, -0.25) is 11.3 Å². The highest BCUT2D eigenvalue weighted by atomic mass is 32.1. The maximum Gasteiger partial charge on any atom is 0.0947 e. The quantitative estimate of drug-likeness (QED) is 0.659. The third-order valence-corrected chi connectivity index (χ3v) is 4.68. The summed E-state index contributed by atoms with van der Waals surface area (Å²) < 4.78 is 0. The molecule has 0 aliphatic rings. The molecule has 0 spiro atoms. The summed E-state index contributed by atoms with van der Waals surface area (Å²) in [4.78, 5) is 10.1. The van der Waals surface area contributed by atoms with Gasteiger partial charge in [0.25, 0.3) is 0 Å². The fraction of sp³-hybridized carbons (Fsp3) is 0.455. The van der Waals surface area contributed by atoms with Crippen LogP contribution in [0.4, 0.5) is 0 Å². The van der Waals surface area contributed by atoms with Gasteiger partial charge in [-0.1, -0.05) is 0 Å². The van der Waals surface area contributed by atoms with Gasteiger partial charge in [0, 0.05) is 22.4 Å². The first kappa shape index (κ1) is 12.6. The molecule has 0 radical (unpaired) electrons. The minimum absolute atomic E-state index is 0.103. The predicted octanol–water partition coefficient (Wildman–Crippen LogP) is 2.27. The first-order chi connectivity index (χ1) is 8.10. The van der Waals surface area contributed by atoms with Crippen LogP contribution in [0.2, 0.25) is 0 Å². The van der Waals surface area contributed by atoms with Crippen LogP contribution in [0.15, 0.2) is 5.38 Å². The van der Waals surface area contributed by atoms with Crippen LogP contribution < -0.4 is 11.3 Å². The molecule has 2 heterocycles. The Morgan fingerprint density at radius 2 is 2.12 bits per heavy atom. The highest BCUT2D eigenvalue weighted by Crippen LogP contribution is 2.27. The lowest BCUT2D eigenvalue weighted by molar-refractivity contribution is 0.555. The highest BCUT2D eigenvalue weighted by Gasteiger charge is 2.18. The van der Waals surface area contributed by atoms with Crippen molar-refractivity contribution in [3.8, 4) is 0 Å². The second kappa shape index (κ2) is 5.22. The summed E-state index contributed by atoms with van der Waals surface area (Å²) in [5.41, 5.74) is 4.99. The number of nitrogens with zero attached hydrogens (tertiary/aromatic N) is 2. The first-order valence-corrected chi connectivity index (χ1v) is 7.11. The van der Waals surface area contributed by atoms with E-state index in [1.54, 1.807) is 22.7 Å². The standard InChI is InChI=1S/C11H16N4S2/c1-6-5-16-10(13-6)4-9(15-12)11-7(2)14-8(3)17-11/h5,9,15H,4,12H2,1-3H3. The van der Waals surface area contributed by atoms with Crippen molar-refractivity contribution in [2.24, 2.45) is 5.84 Å². The van der Waals surface area contributed by atoms with E-state index in [0.29, 0.717) is 0 Å². The smallest absolute Gasteiger partial charge is 0.0947 e. The second-order valence-electron chi connectivity index (χ2n) is 3.99. The van der Waals surface area contributed by atoms with Gasteiger partial charge in [0.15, 0.2) is 0 Å². The fourth-order valence-corrected chi connectivity index (χ4v) is 3.58. The molecule has 0 saturated carbocycles. The third-order valence-electron chi connectivity index (χ3n) is 2.50. The molecule has 92 valence electrons. The number of aromatic nitrogens is 2. The maximum atomic E-state index is 5.64. The van der Waals surface area contributed by atoms with E-state index in [4.69, 9.17) is 5.84 Å². The minimum Gasteiger partial charge on any atom is -0.271 e. The van der Waals surface area contributed by atoms with E-state index in [0.717, 1.165) is 27.8 Å². The number of hydrazine groups is 1. The van der Waals surface area contributed by atoms with E-state index in [9.17, 15) is 0 Å². The Bertz CT molecular complexity index is 503. The van der Waals surface area contributed by atoms with Gasteiger partial charge < -0.3 is 0 Å². The van der Waals surface area contributed by atoms with Gasteiger partial charge in [-0.05, 0) is 20.8 Å². The van der Waals surface area contributed by atoms with E-state index >= 15 is 0 Å². The predicted molar refractivity (Wildman–Crippen MR) is 72.2 cm³/mol. The molecule has 0 saturated heterocycles. The Labute approximate surface area is 109 Å². The van der Waals surface area contributed by atoms with Gasteiger partial charge in [0.1, 0.15) is 0 Å². The summed E-state index contributed by atoms with van der Waals surface area (Å²) in [5.74, 6) is 5.64. The molecule has 0 bridgehead atoms. The van der Waals surface area contributed by atoms with Gasteiger partial charge in [0.2, 0.25) is 0 Å². The topological polar surface area (TPSA) is 63.8 Å². The zero-order valence-electron chi connectivity index (χ0n) is 10.2. The summed E-state index contributed by atoms with van der Waals surface area (Å²) >= 11 is 3.37. The Morgan fingerprint density at radius 3 is 2.59 bits per heavy atom. The molecular formula is C11H16N4S2. The summed E-state index contributed by atoms with van der Waals surface area (Å²) in [6.45, 7) is 6.05. The molecule has 17 heavy (non-hydrogen) atoms. The van der Waals surface area contributed by atoms with Crippen LogP contribution in [-0.4, -0.2) is 9.97 Å². The Kier molecular flexibility index (Phi) is 3.88. The van der Waals surface area contributed by atoms with Gasteiger partial charge in [0.05, 0.1) is 21.8 Å². The second-order valence-corrected chi connectivity index (χ2v) is 6.17. The molecule has 0 aliphatic heterocycles. The molecule has 0 aliphatic carbocycles. The first-order valence-electron chi connectivity index (χ1n) is 5.41. The van der Waals surface area contributed by atoms with Crippen molar-refractivity contribution in [2.75, 3.05) is 0 Å². The van der Waals surface area contributed by atoms with Crippen LogP contribution in [0, 0.1) is 20.8 Å². The lowest BCUT2D eigenvalue weighted by Crippen LogP contribution is -2.29. The van der Waals surface area contributed by atoms with Crippen molar-refractivity contribution in [3.05, 3.63) is 31.7 Å². The van der Waals surface area contributed by atoms with Crippen LogP contribution in [0.5, 0.6) is 0 Å². The van der Waals surface area contributed by atoms with Crippen molar-refractivity contribution in [1.29, 1.82) is 0 Å². The van der Waals surface area contributed by atoms with Crippen molar-refractivity contribution in [3.63, 3.8) is 0 Å². The molecule has 2 rings (SSSR count). The van der Waals surface area contributed by atoms with Gasteiger partial charge in [-0.25, -0.2) is 9.97 Å². The van der Waals surface area contributed by atoms with E-state index < -0.39 is 0 Å². The highest BCUT2D eigenvalue weighted by molar-refractivity contribution is 7.11. The normalized spacial score (nSPS) is 12.9. The molecule has 6 heteroatoms. The zero-order chi connectivity index (χ0) is 12.4. The lowest BCUT2D eigenvalue weighted by atomic mass is 10.1. The van der Waals surface area contributed by atoms with Crippen LogP contribution >= 0.6 is 22.7 Å². The zero-order valence-corrected chi connectivity index (χ0v) is 11.8. The van der Waals surface area contributed by atoms with Crippen LogP contribution in [0.3, 0.4) is 0 Å². The molecule has 0 aromatic carbocycles. The molecule has 2 aromatic rings. The summed E-state index contributed by atoms with van der Waals surface area (Å²) in [6, 6.07) is 0.103. The molecule has 1 atom stereocenters. The SMILES string of the molecule is Cc1csc(CC(NN)c2sc(C)nc2C)n1. The maximum absolute atomic E-state index is 5.64. The number of nitrogens with one attached hydrogen (secondary N) is 1. The number of aryl methyl sites for hydroxylation is 3. The summed E-state index contributed by atoms with van der Waals surface area (Å²) in [5, 5.41) is 4.25. The Hall–Kier alpha value is -0.820. The van der Waals surface area contributed by atoms with Crippen molar-refractivity contribution < 1.29 is 0 Å². The summed E-state index contributed by atoms with van der Waals surface area (Å²) in [6.07, 6.45) is 0.817. The van der Waals surface area contributed by atoms with E-state index in [-0.39, 0.29) is 6.04 Å². The number of thiazole rings is 2. The van der Waals surface area contributed by atoms with Gasteiger partial charge in [-0.2, -0.15) is 0 Å². The molecule has 4 nitrogen and oxygen atoms in total. The van der Waals surface area contributed by atoms with Crippen molar-refractivity contribution in [2.45, 2.75) is 33.2 Å². The largest absolute Gasteiger partial charge is 0.271 e. The molecule has 0 amide bonds. The molecule has 0 fully saturated rings. The summed E-state index contributed by atoms with van der Waals surface area (Å²) in [7, 11) is 0. The lowest BCUT2D eigenvalue weighted by Gasteiger charge is -2.13. The molecule has 2 aromatic heterocycles. The van der Waals surface area contributed by atoms with Gasteiger partial charge >= 0.3 is 0 Å². The molecular weight excluding hydrogens is 252 g/mol. The van der Waals surface area contributed by atoms with E-state index in [1.807, 2.05) is 20.8 Å². The van der Waals surface area contributed by atoms with Crippen molar-refractivity contribution in [1.82, 2.24) is 15.4 Å². The van der Waals surface area contributed by atoms with E-state index in [1.165, 1.54) is 4.88 Å². The van der Waals surface area contributed by atoms with Crippen LogP contribution in [0.1, 0.15) is 32.3 Å². The van der Waals surface area contributed by atoms with Crippen LogP contribution in [-0.2, 0) is 6.42 Å². The number of hydrogen-bond donors (Lipinski definition) is 2. The molecule has 1 unspecified atom stereocenters. The average molecular weight is 268 g/mol. The van der Waals surface area contributed by atoms with E-state index in [2.05, 4.69) is 20.8 Å².